The summed E-state index contributed by atoms with van der Waals surface area (Å²) in [6, 6.07) is 8.05. The molecule has 47 heavy (non-hydrogen) atoms. The molecule has 2 fully saturated rings. The first-order valence-corrected chi connectivity index (χ1v) is 16.9. The Morgan fingerprint density at radius 3 is 2.26 bits per heavy atom. The van der Waals surface area contributed by atoms with Crippen LogP contribution in [0.2, 0.25) is 0 Å². The molecule has 2 amide bonds. The Kier molecular flexibility index (Phi) is 15.0. The molecule has 260 valence electrons. The molecule has 1 aliphatic heterocycles. The molecule has 0 spiro atoms. The zero-order valence-electron chi connectivity index (χ0n) is 28.3. The number of ether oxygens (including phenoxy) is 1. The van der Waals surface area contributed by atoms with Crippen molar-refractivity contribution in [2.24, 2.45) is 11.8 Å². The van der Waals surface area contributed by atoms with Gasteiger partial charge in [0, 0.05) is 57.6 Å². The number of rotatable bonds is 13. The van der Waals surface area contributed by atoms with Gasteiger partial charge in [-0.15, -0.1) is 24.8 Å². The van der Waals surface area contributed by atoms with Crippen molar-refractivity contribution in [2.45, 2.75) is 59.9 Å². The molecule has 0 radical (unpaired) electrons. The van der Waals surface area contributed by atoms with Gasteiger partial charge in [0.15, 0.2) is 5.65 Å². The second kappa shape index (κ2) is 18.4. The first kappa shape index (κ1) is 38.3. The summed E-state index contributed by atoms with van der Waals surface area (Å²) >= 11 is 0. The van der Waals surface area contributed by atoms with Crippen LogP contribution in [0.1, 0.15) is 58.9 Å². The molecular formula is C34H52Cl2N8O3. The second-order valence-corrected chi connectivity index (χ2v) is 12.1. The van der Waals surface area contributed by atoms with Gasteiger partial charge >= 0.3 is 0 Å². The van der Waals surface area contributed by atoms with Crippen LogP contribution < -0.4 is 9.64 Å². The highest BCUT2D eigenvalue weighted by Gasteiger charge is 2.35. The van der Waals surface area contributed by atoms with Gasteiger partial charge in [0.25, 0.3) is 0 Å². The van der Waals surface area contributed by atoms with Crippen molar-refractivity contribution in [1.82, 2.24) is 34.4 Å². The summed E-state index contributed by atoms with van der Waals surface area (Å²) in [7, 11) is 0. The minimum Gasteiger partial charge on any atom is -0.494 e. The number of nitrogens with zero attached hydrogens (tertiary/aromatic N) is 8. The van der Waals surface area contributed by atoms with Crippen molar-refractivity contribution in [2.75, 3.05) is 70.4 Å². The highest BCUT2D eigenvalue weighted by atomic mass is 35.5. The number of halogens is 2. The Bertz CT molecular complexity index is 1420. The van der Waals surface area contributed by atoms with E-state index in [1.54, 1.807) is 6.33 Å². The van der Waals surface area contributed by atoms with Gasteiger partial charge in [-0.1, -0.05) is 26.0 Å². The van der Waals surface area contributed by atoms with Crippen LogP contribution in [0.15, 0.2) is 36.8 Å². The molecule has 2 aromatic heterocycles. The number of anilines is 1. The number of benzene rings is 1. The second-order valence-electron chi connectivity index (χ2n) is 12.1. The fraction of sp³-hybridized carbons (Fsp3) is 0.618. The Morgan fingerprint density at radius 2 is 1.60 bits per heavy atom. The average molecular weight is 692 g/mol. The first-order valence-electron chi connectivity index (χ1n) is 16.9. The Labute approximate surface area is 291 Å². The lowest BCUT2D eigenvalue weighted by Crippen LogP contribution is -2.51. The summed E-state index contributed by atoms with van der Waals surface area (Å²) < 4.78 is 7.56. The molecule has 13 heteroatoms. The van der Waals surface area contributed by atoms with Crippen LogP contribution >= 0.6 is 24.8 Å². The number of carbonyl (C=O) groups is 2. The van der Waals surface area contributed by atoms with Crippen LogP contribution in [0, 0.1) is 11.8 Å². The summed E-state index contributed by atoms with van der Waals surface area (Å²) in [4.78, 5) is 44.6. The molecule has 0 atom stereocenters. The maximum atomic E-state index is 13.5. The number of likely N-dealkylation sites (N-methyl/N-ethyl adjacent to an activating group) is 2. The normalized spacial score (nSPS) is 18.1. The molecule has 0 bridgehead atoms. The summed E-state index contributed by atoms with van der Waals surface area (Å²) in [6.07, 6.45) is 6.64. The number of carbonyl (C=O) groups excluding carboxylic acids is 2. The standard InChI is InChI=1S/C34H50N8O3.2ClH/c1-5-38(6-2)16-17-39(7-3)33(43)27-12-14-28(15-13-27)34(44)41-20-18-40(19-21-41)31-30-23-37-42(32(30)36-25-35-31)24-26-10-9-11-29(22-26)45-8-4;;/h9-11,22-23,25,27-28H,5-8,12-21,24H2,1-4H3;2*1H. The van der Waals surface area contributed by atoms with Crippen LogP contribution in [-0.4, -0.2) is 112 Å². The third-order valence-electron chi connectivity index (χ3n) is 9.54. The van der Waals surface area contributed by atoms with E-state index in [0.29, 0.717) is 39.3 Å². The highest BCUT2D eigenvalue weighted by molar-refractivity contribution is 5.87. The van der Waals surface area contributed by atoms with E-state index >= 15 is 0 Å². The van der Waals surface area contributed by atoms with E-state index in [-0.39, 0.29) is 48.5 Å². The number of aromatic nitrogens is 4. The van der Waals surface area contributed by atoms with Gasteiger partial charge in [0.05, 0.1) is 24.7 Å². The molecule has 1 aromatic carbocycles. The van der Waals surface area contributed by atoms with E-state index in [1.165, 1.54) is 0 Å². The van der Waals surface area contributed by atoms with Crippen LogP contribution in [0.25, 0.3) is 11.0 Å². The smallest absolute Gasteiger partial charge is 0.225 e. The zero-order chi connectivity index (χ0) is 31.8. The molecule has 1 aliphatic carbocycles. The zero-order valence-corrected chi connectivity index (χ0v) is 30.0. The van der Waals surface area contributed by atoms with Crippen LogP contribution in [-0.2, 0) is 16.1 Å². The van der Waals surface area contributed by atoms with Gasteiger partial charge in [-0.25, -0.2) is 14.6 Å². The molecule has 1 saturated heterocycles. The molecular weight excluding hydrogens is 639 g/mol. The van der Waals surface area contributed by atoms with Crippen LogP contribution in [0.4, 0.5) is 5.82 Å². The average Bonchev–Trinajstić information content (AvgIpc) is 3.49. The molecule has 0 N–H and O–H groups in total. The van der Waals surface area contributed by atoms with E-state index in [0.717, 1.165) is 86.6 Å². The molecule has 1 saturated carbocycles. The monoisotopic (exact) mass is 690 g/mol. The number of hydrogen-bond donors (Lipinski definition) is 0. The quantitative estimate of drug-likeness (QED) is 0.253. The van der Waals surface area contributed by atoms with E-state index in [2.05, 4.69) is 51.7 Å². The van der Waals surface area contributed by atoms with Crippen molar-refractivity contribution in [1.29, 1.82) is 0 Å². The van der Waals surface area contributed by atoms with Crippen molar-refractivity contribution < 1.29 is 14.3 Å². The summed E-state index contributed by atoms with van der Waals surface area (Å²) in [5, 5.41) is 5.56. The maximum Gasteiger partial charge on any atom is 0.225 e. The van der Waals surface area contributed by atoms with Crippen LogP contribution in [0.3, 0.4) is 0 Å². The fourth-order valence-corrected chi connectivity index (χ4v) is 6.79. The lowest BCUT2D eigenvalue weighted by Gasteiger charge is -2.38. The molecule has 2 aliphatic rings. The first-order chi connectivity index (χ1) is 21.9. The number of piperazine rings is 1. The van der Waals surface area contributed by atoms with E-state index in [9.17, 15) is 9.59 Å². The largest absolute Gasteiger partial charge is 0.494 e. The van der Waals surface area contributed by atoms with Crippen molar-refractivity contribution in [3.05, 3.63) is 42.4 Å². The van der Waals surface area contributed by atoms with Gasteiger partial charge in [0.1, 0.15) is 17.9 Å². The molecule has 3 aromatic rings. The summed E-state index contributed by atoms with van der Waals surface area (Å²) in [5.41, 5.74) is 1.89. The molecule has 3 heterocycles. The van der Waals surface area contributed by atoms with E-state index in [4.69, 9.17) is 4.74 Å². The van der Waals surface area contributed by atoms with Crippen LogP contribution in [0.5, 0.6) is 5.75 Å². The molecule has 5 rings (SSSR count). The number of fused-ring (bicyclic) bond motifs is 1. The maximum absolute atomic E-state index is 13.5. The Hall–Kier alpha value is -3.15. The Balaban J connectivity index is 0.00000300. The van der Waals surface area contributed by atoms with Crippen molar-refractivity contribution >= 4 is 53.5 Å². The highest BCUT2D eigenvalue weighted by Crippen LogP contribution is 2.32. The lowest BCUT2D eigenvalue weighted by atomic mass is 9.80. The molecule has 0 unspecified atom stereocenters. The van der Waals surface area contributed by atoms with Gasteiger partial charge in [-0.2, -0.15) is 5.10 Å². The summed E-state index contributed by atoms with van der Waals surface area (Å²) in [6.45, 7) is 16.8. The van der Waals surface area contributed by atoms with Gasteiger partial charge < -0.3 is 24.3 Å². The van der Waals surface area contributed by atoms with Gasteiger partial charge in [0.2, 0.25) is 11.8 Å². The minimum atomic E-state index is 0. The lowest BCUT2D eigenvalue weighted by molar-refractivity contribution is -0.141. The van der Waals surface area contributed by atoms with E-state index < -0.39 is 0 Å². The third kappa shape index (κ3) is 9.27. The van der Waals surface area contributed by atoms with Crippen molar-refractivity contribution in [3.63, 3.8) is 0 Å². The predicted octanol–water partition coefficient (Wildman–Crippen LogP) is 4.76. The Morgan fingerprint density at radius 1 is 0.894 bits per heavy atom. The molecule has 11 nitrogen and oxygen atoms in total. The number of hydrogen-bond acceptors (Lipinski definition) is 8. The van der Waals surface area contributed by atoms with Gasteiger partial charge in [-0.05, 0) is 70.3 Å². The van der Waals surface area contributed by atoms with E-state index in [1.807, 2.05) is 45.8 Å². The SMILES string of the molecule is CCOc1cccc(Cn2ncc3c(N4CCN(C(=O)C5CCC(C(=O)N(CC)CCN(CC)CC)CC5)CC4)ncnc32)c1.Cl.Cl. The van der Waals surface area contributed by atoms with Gasteiger partial charge in [-0.3, -0.25) is 9.59 Å². The van der Waals surface area contributed by atoms with Crippen molar-refractivity contribution in [3.8, 4) is 5.75 Å². The third-order valence-corrected chi connectivity index (χ3v) is 9.54. The predicted molar refractivity (Wildman–Crippen MR) is 191 cm³/mol. The number of amides is 2. The summed E-state index contributed by atoms with van der Waals surface area (Å²) in [5.74, 6) is 2.27. The fourth-order valence-electron chi connectivity index (χ4n) is 6.79. The minimum absolute atomic E-state index is 0. The topological polar surface area (TPSA) is 99.9 Å².